The first-order valence-electron chi connectivity index (χ1n) is 11.4. The number of pyridine rings is 2. The molecule has 194 valence electrons. The van der Waals surface area contributed by atoms with Crippen LogP contribution in [0.15, 0.2) is 73.1 Å². The van der Waals surface area contributed by atoms with Crippen molar-refractivity contribution in [3.8, 4) is 23.6 Å². The number of esters is 2. The fourth-order valence-electron chi connectivity index (χ4n) is 2.96. The van der Waals surface area contributed by atoms with Gasteiger partial charge in [-0.3, -0.25) is 0 Å². The van der Waals surface area contributed by atoms with Gasteiger partial charge in [-0.15, -0.1) is 0 Å². The number of carbonyl (C=O) groups excluding carboxylic acids is 2. The Morgan fingerprint density at radius 3 is 1.62 bits per heavy atom. The summed E-state index contributed by atoms with van der Waals surface area (Å²) in [6.45, 7) is 3.83. The fourth-order valence-corrected chi connectivity index (χ4v) is 2.96. The molecule has 0 fully saturated rings. The topological polar surface area (TPSA) is 126 Å². The van der Waals surface area contributed by atoms with E-state index in [9.17, 15) is 18.4 Å². The maximum Gasteiger partial charge on any atom is 0.362 e. The summed E-state index contributed by atoms with van der Waals surface area (Å²) in [6, 6.07) is 17.2. The summed E-state index contributed by atoms with van der Waals surface area (Å²) in [4.78, 5) is 31.4. The normalized spacial score (nSPS) is 9.79. The minimum Gasteiger partial charge on any atom is -0.422 e. The van der Waals surface area contributed by atoms with E-state index in [-0.39, 0.29) is 34.0 Å². The molecule has 0 N–H and O–H groups in total. The van der Waals surface area contributed by atoms with Crippen LogP contribution in [0.1, 0.15) is 50.2 Å². The van der Waals surface area contributed by atoms with Gasteiger partial charge in [0.25, 0.3) is 0 Å². The third kappa shape index (κ3) is 7.75. The number of hydrogen-bond donors (Lipinski definition) is 0. The monoisotopic (exact) mass is 526 g/mol. The molecule has 0 radical (unpaired) electrons. The number of hydrogen-bond acceptors (Lipinski definition) is 8. The average molecular weight is 526 g/mol. The highest BCUT2D eigenvalue weighted by atomic mass is 19.1. The minimum absolute atomic E-state index is 0.0314. The summed E-state index contributed by atoms with van der Waals surface area (Å²) < 4.78 is 36.7. The molecule has 0 bridgehead atoms. The standard InChI is InChI=1S/C15H11FN2O2.C14H9FN2O2/c1-2-10-3-6-14(18-9-10)15(19)20-12-5-4-11(8-17)13(16)7-12;1-9-2-5-13(17-8-9)14(18)19-11-4-3-10(7-16)12(15)6-11/h3-7,9H,2H2,1H3;2-6,8H,1H3. The molecule has 10 heteroatoms. The minimum atomic E-state index is -0.732. The molecule has 0 atom stereocenters. The van der Waals surface area contributed by atoms with Gasteiger partial charge in [-0.1, -0.05) is 19.1 Å². The highest BCUT2D eigenvalue weighted by Gasteiger charge is 2.13. The predicted octanol–water partition coefficient (Wildman–Crippen LogP) is 5.49. The lowest BCUT2D eigenvalue weighted by atomic mass is 10.2. The van der Waals surface area contributed by atoms with Gasteiger partial charge in [-0.2, -0.15) is 10.5 Å². The summed E-state index contributed by atoms with van der Waals surface area (Å²) in [5, 5.41) is 17.2. The second kappa shape index (κ2) is 13.2. The van der Waals surface area contributed by atoms with E-state index in [1.165, 1.54) is 36.5 Å². The molecule has 2 aromatic carbocycles. The SMILES string of the molecule is CCc1ccc(C(=O)Oc2ccc(C#N)c(F)c2)nc1.Cc1ccc(C(=O)Oc2ccc(C#N)c(F)c2)nc1. The number of rotatable bonds is 5. The number of aryl methyl sites for hydroxylation is 2. The number of aromatic nitrogens is 2. The van der Waals surface area contributed by atoms with Gasteiger partial charge in [0.2, 0.25) is 0 Å². The summed E-state index contributed by atoms with van der Waals surface area (Å²) in [7, 11) is 0. The van der Waals surface area contributed by atoms with Crippen LogP contribution < -0.4 is 9.47 Å². The van der Waals surface area contributed by atoms with Gasteiger partial charge >= 0.3 is 11.9 Å². The number of nitrogens with zero attached hydrogens (tertiary/aromatic N) is 4. The van der Waals surface area contributed by atoms with E-state index in [2.05, 4.69) is 9.97 Å². The molecule has 0 saturated carbocycles. The van der Waals surface area contributed by atoms with Gasteiger partial charge in [-0.25, -0.2) is 28.3 Å². The number of benzene rings is 2. The maximum absolute atomic E-state index is 13.4. The molecular formula is C29H20F2N4O4. The third-order valence-corrected chi connectivity index (χ3v) is 5.11. The van der Waals surface area contributed by atoms with Crippen molar-refractivity contribution in [1.29, 1.82) is 10.5 Å². The molecule has 0 aliphatic heterocycles. The fraction of sp³-hybridized carbons (Fsp3) is 0.103. The molecule has 8 nitrogen and oxygen atoms in total. The van der Waals surface area contributed by atoms with E-state index in [0.717, 1.165) is 29.7 Å². The highest BCUT2D eigenvalue weighted by Crippen LogP contribution is 2.18. The Morgan fingerprint density at radius 2 is 1.26 bits per heavy atom. The second-order valence-electron chi connectivity index (χ2n) is 7.91. The molecule has 39 heavy (non-hydrogen) atoms. The van der Waals surface area contributed by atoms with Crippen LogP contribution in [0.4, 0.5) is 8.78 Å². The predicted molar refractivity (Wildman–Crippen MR) is 135 cm³/mol. The van der Waals surface area contributed by atoms with Crippen molar-refractivity contribution < 1.29 is 27.8 Å². The first-order chi connectivity index (χ1) is 18.7. The number of ether oxygens (including phenoxy) is 2. The third-order valence-electron chi connectivity index (χ3n) is 5.11. The van der Waals surface area contributed by atoms with Crippen molar-refractivity contribution >= 4 is 11.9 Å². The van der Waals surface area contributed by atoms with Gasteiger partial charge in [0.05, 0.1) is 11.1 Å². The Bertz CT molecular complexity index is 1580. The van der Waals surface area contributed by atoms with E-state index in [4.69, 9.17) is 20.0 Å². The van der Waals surface area contributed by atoms with Gasteiger partial charge in [-0.05, 0) is 60.9 Å². The number of nitriles is 2. The first-order valence-corrected chi connectivity index (χ1v) is 11.4. The summed E-state index contributed by atoms with van der Waals surface area (Å²) >= 11 is 0. The summed E-state index contributed by atoms with van der Waals surface area (Å²) in [5.41, 5.74) is 2.00. The van der Waals surface area contributed by atoms with Crippen LogP contribution >= 0.6 is 0 Å². The van der Waals surface area contributed by atoms with Crippen LogP contribution in [0, 0.1) is 41.2 Å². The van der Waals surface area contributed by atoms with E-state index in [1.807, 2.05) is 13.8 Å². The van der Waals surface area contributed by atoms with Crippen molar-refractivity contribution in [2.75, 3.05) is 0 Å². The van der Waals surface area contributed by atoms with Gasteiger partial charge in [0.1, 0.15) is 46.7 Å². The Balaban J connectivity index is 0.000000216. The van der Waals surface area contributed by atoms with Gasteiger partial charge < -0.3 is 9.47 Å². The zero-order valence-electron chi connectivity index (χ0n) is 20.8. The van der Waals surface area contributed by atoms with Crippen molar-refractivity contribution in [3.05, 3.63) is 118 Å². The van der Waals surface area contributed by atoms with Crippen molar-refractivity contribution in [3.63, 3.8) is 0 Å². The smallest absolute Gasteiger partial charge is 0.362 e. The lowest BCUT2D eigenvalue weighted by Crippen LogP contribution is -2.10. The van der Waals surface area contributed by atoms with Gasteiger partial charge in [0.15, 0.2) is 0 Å². The second-order valence-corrected chi connectivity index (χ2v) is 7.91. The molecule has 0 spiro atoms. The average Bonchev–Trinajstić information content (AvgIpc) is 2.94. The zero-order chi connectivity index (χ0) is 28.4. The lowest BCUT2D eigenvalue weighted by molar-refractivity contribution is 0.0718. The summed E-state index contributed by atoms with van der Waals surface area (Å²) in [6.07, 6.45) is 3.95. The Morgan fingerprint density at radius 1 is 0.769 bits per heavy atom. The van der Waals surface area contributed by atoms with Crippen molar-refractivity contribution in [2.24, 2.45) is 0 Å². The van der Waals surface area contributed by atoms with Crippen LogP contribution in [0.3, 0.4) is 0 Å². The van der Waals surface area contributed by atoms with Crippen molar-refractivity contribution in [1.82, 2.24) is 9.97 Å². The number of halogens is 2. The Hall–Kier alpha value is -5.48. The van der Waals surface area contributed by atoms with Crippen LogP contribution in [0.5, 0.6) is 11.5 Å². The van der Waals surface area contributed by atoms with E-state index in [1.54, 1.807) is 36.5 Å². The summed E-state index contributed by atoms with van der Waals surface area (Å²) in [5.74, 6) is -2.74. The van der Waals surface area contributed by atoms with E-state index < -0.39 is 23.6 Å². The van der Waals surface area contributed by atoms with E-state index >= 15 is 0 Å². The molecule has 0 amide bonds. The van der Waals surface area contributed by atoms with Gasteiger partial charge in [0, 0.05) is 24.5 Å². The molecule has 4 rings (SSSR count). The van der Waals surface area contributed by atoms with Crippen LogP contribution in [0.2, 0.25) is 0 Å². The molecule has 0 saturated heterocycles. The molecule has 2 aromatic heterocycles. The molecule has 0 unspecified atom stereocenters. The maximum atomic E-state index is 13.4. The van der Waals surface area contributed by atoms with Crippen LogP contribution in [-0.2, 0) is 6.42 Å². The molecule has 0 aliphatic rings. The Labute approximate surface area is 222 Å². The van der Waals surface area contributed by atoms with Crippen LogP contribution in [-0.4, -0.2) is 21.9 Å². The van der Waals surface area contributed by atoms with E-state index in [0.29, 0.717) is 0 Å². The molecule has 0 aliphatic carbocycles. The molecule has 4 aromatic rings. The largest absolute Gasteiger partial charge is 0.422 e. The highest BCUT2D eigenvalue weighted by molar-refractivity contribution is 5.89. The number of carbonyl (C=O) groups is 2. The van der Waals surface area contributed by atoms with Crippen molar-refractivity contribution in [2.45, 2.75) is 20.3 Å². The lowest BCUT2D eigenvalue weighted by Gasteiger charge is -2.04. The quantitative estimate of drug-likeness (QED) is 0.247. The first kappa shape index (κ1) is 28.1. The molecule has 2 heterocycles. The molecular weight excluding hydrogens is 506 g/mol. The van der Waals surface area contributed by atoms with Crippen LogP contribution in [0.25, 0.3) is 0 Å². The zero-order valence-corrected chi connectivity index (χ0v) is 20.8. The Kier molecular flexibility index (Phi) is 9.49.